The first-order chi connectivity index (χ1) is 12.1. The minimum Gasteiger partial charge on any atom is -0.461 e. The predicted molar refractivity (Wildman–Crippen MR) is 102 cm³/mol. The highest BCUT2D eigenvalue weighted by molar-refractivity contribution is 6.43. The zero-order valence-corrected chi connectivity index (χ0v) is 16.6. The number of esters is 1. The quantitative estimate of drug-likeness (QED) is 0.413. The first-order valence-corrected chi connectivity index (χ1v) is 8.95. The number of nitrogens with zero attached hydrogens (tertiary/aromatic N) is 2. The number of ether oxygens (including phenoxy) is 2. The van der Waals surface area contributed by atoms with Gasteiger partial charge < -0.3 is 9.47 Å². The lowest BCUT2D eigenvalue weighted by Crippen LogP contribution is -2.36. The van der Waals surface area contributed by atoms with Crippen molar-refractivity contribution in [3.8, 4) is 0 Å². The van der Waals surface area contributed by atoms with Crippen molar-refractivity contribution >= 4 is 17.8 Å². The van der Waals surface area contributed by atoms with Gasteiger partial charge in [0, 0.05) is 12.1 Å². The molecule has 144 valence electrons. The molecule has 0 fully saturated rings. The van der Waals surface area contributed by atoms with E-state index in [-0.39, 0.29) is 12.3 Å². The minimum absolute atomic E-state index is 0.0852. The van der Waals surface area contributed by atoms with Gasteiger partial charge in [0.25, 0.3) is 0 Å². The fourth-order valence-corrected chi connectivity index (χ4v) is 2.01. The average Bonchev–Trinajstić information content (AvgIpc) is 2.54. The molecule has 0 aromatic heterocycles. The Morgan fingerprint density at radius 2 is 1.77 bits per heavy atom. The lowest BCUT2D eigenvalue weighted by Gasteiger charge is -2.25. The van der Waals surface area contributed by atoms with Crippen molar-refractivity contribution in [1.29, 1.82) is 0 Å². The van der Waals surface area contributed by atoms with Crippen molar-refractivity contribution in [3.63, 3.8) is 0 Å². The molecule has 1 aromatic carbocycles. The Hall–Kier alpha value is -2.37. The second-order valence-electron chi connectivity index (χ2n) is 7.32. The van der Waals surface area contributed by atoms with Crippen LogP contribution in [0.1, 0.15) is 53.5 Å². The number of rotatable bonds is 7. The summed E-state index contributed by atoms with van der Waals surface area (Å²) in [5.41, 5.74) is 0.0191. The van der Waals surface area contributed by atoms with Crippen LogP contribution in [0.5, 0.6) is 0 Å². The third-order valence-electron chi connectivity index (χ3n) is 3.26. The lowest BCUT2D eigenvalue weighted by molar-refractivity contribution is -0.135. The molecule has 0 bridgehead atoms. The van der Waals surface area contributed by atoms with E-state index in [4.69, 9.17) is 9.47 Å². The van der Waals surface area contributed by atoms with Gasteiger partial charge in [0.05, 0.1) is 6.61 Å². The van der Waals surface area contributed by atoms with E-state index in [2.05, 4.69) is 18.9 Å². The fraction of sp³-hybridized carbons (Fsp3) is 0.550. The summed E-state index contributed by atoms with van der Waals surface area (Å²) in [6.07, 6.45) is 0.143. The van der Waals surface area contributed by atoms with E-state index in [1.54, 1.807) is 52.0 Å². The number of hydrogen-bond donors (Lipinski definition) is 0. The van der Waals surface area contributed by atoms with Crippen LogP contribution in [-0.4, -0.2) is 41.5 Å². The van der Waals surface area contributed by atoms with E-state index in [0.29, 0.717) is 18.0 Å². The normalized spacial score (nSPS) is 12.0. The molecule has 0 heterocycles. The SMILES string of the molecule is CCOC(=O)C(=NN(CCC(C)C)C(=O)OC(C)(C)C)c1ccccc1. The summed E-state index contributed by atoms with van der Waals surface area (Å²) in [4.78, 5) is 25.0. The van der Waals surface area contributed by atoms with Crippen molar-refractivity contribution in [2.75, 3.05) is 13.2 Å². The molecule has 0 radical (unpaired) electrons. The third kappa shape index (κ3) is 7.68. The molecular weight excluding hydrogens is 332 g/mol. The maximum Gasteiger partial charge on any atom is 0.430 e. The maximum absolute atomic E-state index is 12.6. The lowest BCUT2D eigenvalue weighted by atomic mass is 10.1. The van der Waals surface area contributed by atoms with E-state index in [1.807, 2.05) is 6.07 Å². The highest BCUT2D eigenvalue weighted by Crippen LogP contribution is 2.14. The molecule has 1 rings (SSSR count). The molecule has 0 spiro atoms. The van der Waals surface area contributed by atoms with Gasteiger partial charge in [-0.15, -0.1) is 0 Å². The van der Waals surface area contributed by atoms with Gasteiger partial charge in [0.2, 0.25) is 0 Å². The van der Waals surface area contributed by atoms with E-state index < -0.39 is 17.7 Å². The molecular formula is C20H30N2O4. The number of carbonyl (C=O) groups is 2. The topological polar surface area (TPSA) is 68.2 Å². The monoisotopic (exact) mass is 362 g/mol. The largest absolute Gasteiger partial charge is 0.461 e. The highest BCUT2D eigenvalue weighted by Gasteiger charge is 2.25. The third-order valence-corrected chi connectivity index (χ3v) is 3.26. The molecule has 0 aliphatic rings. The number of amides is 1. The molecule has 0 aliphatic heterocycles. The van der Waals surface area contributed by atoms with E-state index in [9.17, 15) is 9.59 Å². The Kier molecular flexibility index (Phi) is 8.29. The van der Waals surface area contributed by atoms with Gasteiger partial charge in [-0.05, 0) is 40.0 Å². The van der Waals surface area contributed by atoms with Gasteiger partial charge >= 0.3 is 12.1 Å². The van der Waals surface area contributed by atoms with Crippen LogP contribution in [0.25, 0.3) is 0 Å². The van der Waals surface area contributed by atoms with Crippen LogP contribution in [0.15, 0.2) is 35.4 Å². The fourth-order valence-electron chi connectivity index (χ4n) is 2.01. The van der Waals surface area contributed by atoms with Crippen molar-refractivity contribution in [2.24, 2.45) is 11.0 Å². The molecule has 6 heteroatoms. The number of carbonyl (C=O) groups excluding carboxylic acids is 2. The molecule has 26 heavy (non-hydrogen) atoms. The number of hydrazone groups is 1. The maximum atomic E-state index is 12.6. The van der Waals surface area contributed by atoms with Gasteiger partial charge in [0.1, 0.15) is 5.60 Å². The van der Waals surface area contributed by atoms with Gasteiger partial charge in [-0.2, -0.15) is 10.1 Å². The van der Waals surface area contributed by atoms with Gasteiger partial charge in [0.15, 0.2) is 5.71 Å². The Bertz CT molecular complexity index is 618. The summed E-state index contributed by atoms with van der Waals surface area (Å²) in [5, 5.41) is 5.53. The van der Waals surface area contributed by atoms with Crippen LogP contribution < -0.4 is 0 Å². The van der Waals surface area contributed by atoms with Crippen molar-refractivity contribution in [3.05, 3.63) is 35.9 Å². The molecule has 0 unspecified atom stereocenters. The molecule has 0 atom stereocenters. The van der Waals surface area contributed by atoms with Gasteiger partial charge in [-0.25, -0.2) is 9.59 Å². The van der Waals surface area contributed by atoms with Crippen molar-refractivity contribution in [1.82, 2.24) is 5.01 Å². The second kappa shape index (κ2) is 9.94. The zero-order valence-electron chi connectivity index (χ0n) is 16.6. The first kappa shape index (κ1) is 21.7. The molecule has 0 aliphatic carbocycles. The standard InChI is InChI=1S/C20H30N2O4/c1-7-25-18(23)17(16-11-9-8-10-12-16)21-22(14-13-15(2)3)19(24)26-20(4,5)6/h8-12,15H,7,13-14H2,1-6H3. The molecule has 0 saturated carbocycles. The van der Waals surface area contributed by atoms with Gasteiger partial charge in [-0.1, -0.05) is 44.2 Å². The minimum atomic E-state index is -0.653. The predicted octanol–water partition coefficient (Wildman–Crippen LogP) is 4.24. The van der Waals surface area contributed by atoms with Gasteiger partial charge in [-0.3, -0.25) is 0 Å². The summed E-state index contributed by atoms with van der Waals surface area (Å²) >= 11 is 0. The van der Waals surface area contributed by atoms with Crippen molar-refractivity contribution in [2.45, 2.75) is 53.6 Å². The van der Waals surface area contributed by atoms with Crippen LogP contribution in [0.3, 0.4) is 0 Å². The van der Waals surface area contributed by atoms with Crippen LogP contribution >= 0.6 is 0 Å². The zero-order chi connectivity index (χ0) is 19.7. The molecule has 6 nitrogen and oxygen atoms in total. The summed E-state index contributed by atoms with van der Waals surface area (Å²) in [5.74, 6) is -0.199. The summed E-state index contributed by atoms with van der Waals surface area (Å²) < 4.78 is 10.6. The number of benzene rings is 1. The van der Waals surface area contributed by atoms with E-state index >= 15 is 0 Å². The molecule has 1 amide bonds. The van der Waals surface area contributed by atoms with Crippen LogP contribution in [0.4, 0.5) is 4.79 Å². The van der Waals surface area contributed by atoms with E-state index in [0.717, 1.165) is 6.42 Å². The first-order valence-electron chi connectivity index (χ1n) is 8.95. The van der Waals surface area contributed by atoms with Crippen LogP contribution in [0.2, 0.25) is 0 Å². The second-order valence-corrected chi connectivity index (χ2v) is 7.32. The smallest absolute Gasteiger partial charge is 0.430 e. The summed E-state index contributed by atoms with van der Waals surface area (Å²) in [6.45, 7) is 11.8. The molecule has 0 N–H and O–H groups in total. The van der Waals surface area contributed by atoms with Crippen molar-refractivity contribution < 1.29 is 19.1 Å². The molecule has 1 aromatic rings. The average molecular weight is 362 g/mol. The Balaban J connectivity index is 3.23. The van der Waals surface area contributed by atoms with Crippen LogP contribution in [-0.2, 0) is 14.3 Å². The summed E-state index contributed by atoms with van der Waals surface area (Å²) in [7, 11) is 0. The Morgan fingerprint density at radius 3 is 2.27 bits per heavy atom. The molecule has 0 saturated heterocycles. The van der Waals surface area contributed by atoms with E-state index in [1.165, 1.54) is 5.01 Å². The Labute approximate surface area is 156 Å². The summed E-state index contributed by atoms with van der Waals surface area (Å²) in [6, 6.07) is 8.96. The van der Waals surface area contributed by atoms with Crippen LogP contribution in [0, 0.1) is 5.92 Å². The highest BCUT2D eigenvalue weighted by atomic mass is 16.6. The Morgan fingerprint density at radius 1 is 1.15 bits per heavy atom. The number of hydrogen-bond acceptors (Lipinski definition) is 5.